The first-order valence-corrected chi connectivity index (χ1v) is 6.67. The number of halogens is 1. The molecule has 106 valence electrons. The maximum Gasteiger partial charge on any atom is 0.296 e. The molecule has 0 atom stereocenters. The maximum absolute atomic E-state index is 11.7. The van der Waals surface area contributed by atoms with Gasteiger partial charge in [0, 0.05) is 29.6 Å². The van der Waals surface area contributed by atoms with E-state index in [2.05, 4.69) is 4.99 Å². The molecule has 1 aromatic carbocycles. The lowest BCUT2D eigenvalue weighted by Gasteiger charge is -2.29. The van der Waals surface area contributed by atoms with E-state index in [1.807, 2.05) is 13.8 Å². The van der Waals surface area contributed by atoms with Gasteiger partial charge in [-0.15, -0.1) is 0 Å². The van der Waals surface area contributed by atoms with Crippen molar-refractivity contribution >= 4 is 34.5 Å². The fourth-order valence-electron chi connectivity index (χ4n) is 2.49. The van der Waals surface area contributed by atoms with Crippen molar-refractivity contribution in [3.8, 4) is 0 Å². The summed E-state index contributed by atoms with van der Waals surface area (Å²) in [7, 11) is 0. The van der Waals surface area contributed by atoms with Crippen LogP contribution in [0, 0.1) is 15.5 Å². The zero-order valence-electron chi connectivity index (χ0n) is 11.4. The second kappa shape index (κ2) is 5.32. The molecule has 0 spiro atoms. The highest BCUT2D eigenvalue weighted by Gasteiger charge is 2.30. The van der Waals surface area contributed by atoms with Crippen molar-refractivity contribution in [1.82, 2.24) is 0 Å². The topological polar surface area (TPSA) is 72.6 Å². The van der Waals surface area contributed by atoms with Gasteiger partial charge in [-0.05, 0) is 24.0 Å². The van der Waals surface area contributed by atoms with Gasteiger partial charge >= 0.3 is 0 Å². The van der Waals surface area contributed by atoms with Gasteiger partial charge in [0.15, 0.2) is 0 Å². The Hall–Kier alpha value is -1.75. The summed E-state index contributed by atoms with van der Waals surface area (Å²) in [6.07, 6.45) is 1.45. The number of carbonyl (C=O) groups is 1. The average Bonchev–Trinajstić information content (AvgIpc) is 2.28. The zero-order valence-corrected chi connectivity index (χ0v) is 12.1. The molecule has 6 heteroatoms. The van der Waals surface area contributed by atoms with Crippen molar-refractivity contribution in [2.24, 2.45) is 10.4 Å². The molecule has 1 aliphatic carbocycles. The molecule has 0 N–H and O–H groups in total. The lowest BCUT2D eigenvalue weighted by atomic mass is 9.76. The Kier molecular flexibility index (Phi) is 3.90. The molecule has 2 rings (SSSR count). The minimum Gasteiger partial charge on any atom is -0.299 e. The number of ketones is 1. The van der Waals surface area contributed by atoms with E-state index in [-0.39, 0.29) is 29.0 Å². The third kappa shape index (κ3) is 3.42. The summed E-state index contributed by atoms with van der Waals surface area (Å²) in [5.41, 5.74) is 0.660. The number of aliphatic imine (C=N–C) groups is 1. The van der Waals surface area contributed by atoms with Gasteiger partial charge in [-0.2, -0.15) is 0 Å². The van der Waals surface area contributed by atoms with E-state index in [0.29, 0.717) is 23.6 Å². The summed E-state index contributed by atoms with van der Waals surface area (Å²) in [4.78, 5) is 26.5. The number of benzene rings is 1. The molecule has 20 heavy (non-hydrogen) atoms. The van der Waals surface area contributed by atoms with Gasteiger partial charge in [0.1, 0.15) is 11.5 Å². The first kappa shape index (κ1) is 14.7. The Morgan fingerprint density at radius 3 is 2.65 bits per heavy atom. The van der Waals surface area contributed by atoms with Gasteiger partial charge in [0.25, 0.3) is 5.69 Å². The largest absolute Gasteiger partial charge is 0.299 e. The zero-order chi connectivity index (χ0) is 14.9. The van der Waals surface area contributed by atoms with E-state index >= 15 is 0 Å². The molecular formula is C14H15ClN2O3. The van der Waals surface area contributed by atoms with Crippen LogP contribution in [0.2, 0.25) is 5.02 Å². The van der Waals surface area contributed by atoms with Crippen molar-refractivity contribution in [1.29, 1.82) is 0 Å². The van der Waals surface area contributed by atoms with Crippen molar-refractivity contribution < 1.29 is 9.72 Å². The van der Waals surface area contributed by atoms with Gasteiger partial charge in [0.05, 0.1) is 4.92 Å². The van der Waals surface area contributed by atoms with Crippen LogP contribution in [0.25, 0.3) is 0 Å². The monoisotopic (exact) mass is 294 g/mol. The quantitative estimate of drug-likeness (QED) is 0.609. The summed E-state index contributed by atoms with van der Waals surface area (Å²) >= 11 is 5.77. The van der Waals surface area contributed by atoms with Crippen LogP contribution in [0.4, 0.5) is 11.4 Å². The van der Waals surface area contributed by atoms with E-state index < -0.39 is 4.92 Å². The third-order valence-corrected chi connectivity index (χ3v) is 3.41. The number of carbonyl (C=O) groups excluding carboxylic acids is 1. The van der Waals surface area contributed by atoms with E-state index in [1.165, 1.54) is 12.1 Å². The first-order chi connectivity index (χ1) is 9.27. The molecule has 1 aliphatic rings. The van der Waals surface area contributed by atoms with E-state index in [4.69, 9.17) is 11.6 Å². The molecule has 0 aromatic heterocycles. The predicted octanol–water partition coefficient (Wildman–Crippen LogP) is 4.10. The lowest BCUT2D eigenvalue weighted by Crippen LogP contribution is -2.28. The molecule has 0 heterocycles. The minimum atomic E-state index is -0.513. The highest BCUT2D eigenvalue weighted by atomic mass is 35.5. The van der Waals surface area contributed by atoms with Crippen LogP contribution in [0.1, 0.15) is 33.1 Å². The number of rotatable bonds is 2. The van der Waals surface area contributed by atoms with Gasteiger partial charge in [-0.3, -0.25) is 19.9 Å². The number of hydrogen-bond donors (Lipinski definition) is 0. The summed E-state index contributed by atoms with van der Waals surface area (Å²) in [6, 6.07) is 4.35. The van der Waals surface area contributed by atoms with Gasteiger partial charge in [-0.25, -0.2) is 0 Å². The summed E-state index contributed by atoms with van der Waals surface area (Å²) in [5.74, 6) is 0.122. The molecule has 0 unspecified atom stereocenters. The molecule has 0 bridgehead atoms. The maximum atomic E-state index is 11.7. The standard InChI is InChI=1S/C14H15ClN2O3/c1-14(2)7-10(6-11(18)8-14)16-12-4-3-9(15)5-13(12)17(19)20/h3-5H,6-8H2,1-2H3. The summed E-state index contributed by atoms with van der Waals surface area (Å²) in [5, 5.41) is 11.3. The number of nitrogens with zero attached hydrogens (tertiary/aromatic N) is 2. The first-order valence-electron chi connectivity index (χ1n) is 6.29. The van der Waals surface area contributed by atoms with Crippen LogP contribution in [-0.4, -0.2) is 16.4 Å². The molecule has 1 saturated carbocycles. The van der Waals surface area contributed by atoms with Crippen LogP contribution in [0.15, 0.2) is 23.2 Å². The highest BCUT2D eigenvalue weighted by molar-refractivity contribution is 6.30. The second-order valence-corrected chi connectivity index (χ2v) is 6.24. The Morgan fingerprint density at radius 2 is 2.05 bits per heavy atom. The van der Waals surface area contributed by atoms with Gasteiger partial charge < -0.3 is 0 Å². The van der Waals surface area contributed by atoms with Crippen LogP contribution >= 0.6 is 11.6 Å². The highest BCUT2D eigenvalue weighted by Crippen LogP contribution is 2.35. The van der Waals surface area contributed by atoms with Gasteiger partial charge in [-0.1, -0.05) is 25.4 Å². The Bertz CT molecular complexity index is 608. The Balaban J connectivity index is 2.40. The SMILES string of the molecule is CC1(C)CC(=O)CC(=Nc2ccc(Cl)cc2[N+](=O)[O-])C1. The Labute approximate surface area is 121 Å². The molecule has 0 saturated heterocycles. The predicted molar refractivity (Wildman–Crippen MR) is 77.8 cm³/mol. The minimum absolute atomic E-state index is 0.122. The molecule has 0 radical (unpaired) electrons. The molecular weight excluding hydrogens is 280 g/mol. The number of Topliss-reactive ketones (excluding diaryl/α,β-unsaturated/α-hetero) is 1. The number of hydrogen-bond acceptors (Lipinski definition) is 4. The molecule has 1 fully saturated rings. The second-order valence-electron chi connectivity index (χ2n) is 5.80. The average molecular weight is 295 g/mol. The number of nitro benzene ring substituents is 1. The van der Waals surface area contributed by atoms with E-state index in [9.17, 15) is 14.9 Å². The molecule has 1 aromatic rings. The van der Waals surface area contributed by atoms with Crippen molar-refractivity contribution in [2.45, 2.75) is 33.1 Å². The van der Waals surface area contributed by atoms with Crippen LogP contribution in [-0.2, 0) is 4.79 Å². The fourth-order valence-corrected chi connectivity index (χ4v) is 2.65. The van der Waals surface area contributed by atoms with Gasteiger partial charge in [0.2, 0.25) is 0 Å². The number of nitro groups is 1. The summed E-state index contributed by atoms with van der Waals surface area (Å²) in [6.45, 7) is 3.99. The molecule has 0 amide bonds. The van der Waals surface area contributed by atoms with Crippen LogP contribution in [0.3, 0.4) is 0 Å². The Morgan fingerprint density at radius 1 is 1.35 bits per heavy atom. The normalized spacial score (nSPS) is 20.1. The third-order valence-electron chi connectivity index (χ3n) is 3.17. The summed E-state index contributed by atoms with van der Waals surface area (Å²) < 4.78 is 0. The fraction of sp³-hybridized carbons (Fsp3) is 0.429. The van der Waals surface area contributed by atoms with Crippen LogP contribution < -0.4 is 0 Å². The van der Waals surface area contributed by atoms with Crippen molar-refractivity contribution in [3.63, 3.8) is 0 Å². The van der Waals surface area contributed by atoms with E-state index in [0.717, 1.165) is 0 Å². The van der Waals surface area contributed by atoms with E-state index in [1.54, 1.807) is 6.07 Å². The molecule has 5 nitrogen and oxygen atoms in total. The van der Waals surface area contributed by atoms with Crippen molar-refractivity contribution in [3.05, 3.63) is 33.3 Å². The smallest absolute Gasteiger partial charge is 0.296 e. The molecule has 0 aliphatic heterocycles. The van der Waals surface area contributed by atoms with Crippen molar-refractivity contribution in [2.75, 3.05) is 0 Å². The van der Waals surface area contributed by atoms with Crippen LogP contribution in [0.5, 0.6) is 0 Å². The lowest BCUT2D eigenvalue weighted by molar-refractivity contribution is -0.384.